The van der Waals surface area contributed by atoms with Crippen molar-refractivity contribution in [2.24, 2.45) is 0 Å². The first-order valence-electron chi connectivity index (χ1n) is 6.72. The van der Waals surface area contributed by atoms with Crippen LogP contribution in [0, 0.1) is 0 Å². The third-order valence-corrected chi connectivity index (χ3v) is 5.24. The van der Waals surface area contributed by atoms with Gasteiger partial charge in [-0.15, -0.1) is 0 Å². The average molecular weight is 296 g/mol. The first-order chi connectivity index (χ1) is 9.46. The highest BCUT2D eigenvalue weighted by atomic mass is 32.2. The molecule has 0 radical (unpaired) electrons. The van der Waals surface area contributed by atoms with Crippen LogP contribution in [0.3, 0.4) is 0 Å². The molecule has 2 rings (SSSR count). The van der Waals surface area contributed by atoms with Crippen LogP contribution in [0.15, 0.2) is 30.3 Å². The summed E-state index contributed by atoms with van der Waals surface area (Å²) in [5.74, 6) is 0.171. The summed E-state index contributed by atoms with van der Waals surface area (Å²) >= 11 is 0. The summed E-state index contributed by atoms with van der Waals surface area (Å²) in [6, 6.07) is 9.62. The topological polar surface area (TPSA) is 66.5 Å². The summed E-state index contributed by atoms with van der Waals surface area (Å²) in [6.45, 7) is 0.606. The zero-order chi connectivity index (χ0) is 14.6. The van der Waals surface area contributed by atoms with E-state index >= 15 is 0 Å². The molecule has 1 aliphatic rings. The molecule has 1 aromatic carbocycles. The second-order valence-corrected chi connectivity index (χ2v) is 7.40. The van der Waals surface area contributed by atoms with Crippen LogP contribution in [0.5, 0.6) is 0 Å². The van der Waals surface area contributed by atoms with Gasteiger partial charge in [-0.1, -0.05) is 18.2 Å². The van der Waals surface area contributed by atoms with E-state index < -0.39 is 9.84 Å². The molecular weight excluding hydrogens is 276 g/mol. The quantitative estimate of drug-likeness (QED) is 0.873. The van der Waals surface area contributed by atoms with Gasteiger partial charge in [0.2, 0.25) is 5.91 Å². The van der Waals surface area contributed by atoms with E-state index in [2.05, 4.69) is 5.32 Å². The number of hydrogen-bond acceptors (Lipinski definition) is 4. The molecule has 1 amide bonds. The van der Waals surface area contributed by atoms with Crippen LogP contribution < -0.4 is 10.2 Å². The van der Waals surface area contributed by atoms with Gasteiger partial charge in [-0.2, -0.15) is 0 Å². The summed E-state index contributed by atoms with van der Waals surface area (Å²) in [5.41, 5.74) is 1.06. The Hall–Kier alpha value is -1.56. The van der Waals surface area contributed by atoms with Gasteiger partial charge in [0, 0.05) is 31.7 Å². The molecule has 0 spiro atoms. The van der Waals surface area contributed by atoms with Crippen LogP contribution in [0.25, 0.3) is 0 Å². The molecule has 0 bridgehead atoms. The molecule has 5 nitrogen and oxygen atoms in total. The number of benzene rings is 1. The van der Waals surface area contributed by atoms with Crippen molar-refractivity contribution in [3.8, 4) is 0 Å². The fraction of sp³-hybridized carbons (Fsp3) is 0.500. The molecule has 6 heteroatoms. The van der Waals surface area contributed by atoms with Crippen molar-refractivity contribution in [1.29, 1.82) is 0 Å². The first kappa shape index (κ1) is 14.8. The largest absolute Gasteiger partial charge is 0.374 e. The summed E-state index contributed by atoms with van der Waals surface area (Å²) < 4.78 is 22.6. The monoisotopic (exact) mass is 296 g/mol. The van der Waals surface area contributed by atoms with Crippen molar-refractivity contribution in [3.05, 3.63) is 30.3 Å². The zero-order valence-corrected chi connectivity index (χ0v) is 12.4. The molecule has 1 aliphatic heterocycles. The van der Waals surface area contributed by atoms with Gasteiger partial charge < -0.3 is 10.2 Å². The second-order valence-electron chi connectivity index (χ2n) is 5.17. The Morgan fingerprint density at radius 3 is 2.65 bits per heavy atom. The van der Waals surface area contributed by atoms with Gasteiger partial charge in [0.1, 0.15) is 0 Å². The standard InChI is InChI=1S/C14H20N2O3S/c1-16(13-5-3-2-4-6-13)9-7-14(17)15-12-8-10-20(18,19)11-12/h2-6,12H,7-11H2,1H3,(H,15,17). The van der Waals surface area contributed by atoms with Gasteiger partial charge in [0.25, 0.3) is 0 Å². The van der Waals surface area contributed by atoms with Crippen molar-refractivity contribution >= 4 is 21.4 Å². The molecule has 1 saturated heterocycles. The maximum absolute atomic E-state index is 11.8. The van der Waals surface area contributed by atoms with Crippen LogP contribution in [-0.4, -0.2) is 45.5 Å². The second kappa shape index (κ2) is 6.26. The molecule has 110 valence electrons. The fourth-order valence-electron chi connectivity index (χ4n) is 2.29. The molecule has 0 aliphatic carbocycles. The van der Waals surface area contributed by atoms with Gasteiger partial charge in [-0.25, -0.2) is 8.42 Å². The lowest BCUT2D eigenvalue weighted by Crippen LogP contribution is -2.37. The number of rotatable bonds is 5. The number of carbonyl (C=O) groups excluding carboxylic acids is 1. The number of para-hydroxylation sites is 1. The molecule has 1 atom stereocenters. The normalized spacial score (nSPS) is 20.6. The van der Waals surface area contributed by atoms with Crippen molar-refractivity contribution in [2.45, 2.75) is 18.9 Å². The molecule has 0 aromatic heterocycles. The van der Waals surface area contributed by atoms with E-state index in [1.165, 1.54) is 0 Å². The van der Waals surface area contributed by atoms with E-state index in [0.717, 1.165) is 5.69 Å². The maximum atomic E-state index is 11.8. The van der Waals surface area contributed by atoms with Crippen LogP contribution in [0.1, 0.15) is 12.8 Å². The highest BCUT2D eigenvalue weighted by Gasteiger charge is 2.28. The molecule has 1 aromatic rings. The van der Waals surface area contributed by atoms with Crippen LogP contribution >= 0.6 is 0 Å². The Labute approximate surface area is 119 Å². The summed E-state index contributed by atoms with van der Waals surface area (Å²) in [4.78, 5) is 13.8. The fourth-order valence-corrected chi connectivity index (χ4v) is 3.96. The summed E-state index contributed by atoms with van der Waals surface area (Å²) in [6.07, 6.45) is 0.893. The number of hydrogen-bond donors (Lipinski definition) is 1. The van der Waals surface area contributed by atoms with Gasteiger partial charge in [0.05, 0.1) is 11.5 Å². The Kier molecular flexibility index (Phi) is 4.65. The number of nitrogens with one attached hydrogen (secondary N) is 1. The van der Waals surface area contributed by atoms with E-state index in [1.807, 2.05) is 42.3 Å². The van der Waals surface area contributed by atoms with Crippen LogP contribution in [-0.2, 0) is 14.6 Å². The van der Waals surface area contributed by atoms with E-state index in [1.54, 1.807) is 0 Å². The molecule has 1 unspecified atom stereocenters. The molecular formula is C14H20N2O3S. The minimum atomic E-state index is -2.94. The SMILES string of the molecule is CN(CCC(=O)NC1CCS(=O)(=O)C1)c1ccccc1. The number of carbonyl (C=O) groups is 1. The van der Waals surface area contributed by atoms with Gasteiger partial charge in [-0.3, -0.25) is 4.79 Å². The predicted molar refractivity (Wildman–Crippen MR) is 79.5 cm³/mol. The van der Waals surface area contributed by atoms with E-state index in [4.69, 9.17) is 0 Å². The zero-order valence-electron chi connectivity index (χ0n) is 11.6. The molecule has 20 heavy (non-hydrogen) atoms. The average Bonchev–Trinajstić information content (AvgIpc) is 2.76. The predicted octanol–water partition coefficient (Wildman–Crippen LogP) is 0.816. The lowest BCUT2D eigenvalue weighted by molar-refractivity contribution is -0.121. The highest BCUT2D eigenvalue weighted by Crippen LogP contribution is 2.13. The first-order valence-corrected chi connectivity index (χ1v) is 8.54. The number of sulfone groups is 1. The van der Waals surface area contributed by atoms with E-state index in [0.29, 0.717) is 19.4 Å². The molecule has 1 fully saturated rings. The minimum absolute atomic E-state index is 0.0767. The Balaban J connectivity index is 1.76. The van der Waals surface area contributed by atoms with Crippen LogP contribution in [0.4, 0.5) is 5.69 Å². The lowest BCUT2D eigenvalue weighted by Gasteiger charge is -2.19. The van der Waals surface area contributed by atoms with Crippen molar-refractivity contribution < 1.29 is 13.2 Å². The Morgan fingerprint density at radius 2 is 2.05 bits per heavy atom. The van der Waals surface area contributed by atoms with E-state index in [9.17, 15) is 13.2 Å². The maximum Gasteiger partial charge on any atom is 0.222 e. The minimum Gasteiger partial charge on any atom is -0.374 e. The molecule has 1 N–H and O–H groups in total. The number of nitrogens with zero attached hydrogens (tertiary/aromatic N) is 1. The van der Waals surface area contributed by atoms with Crippen molar-refractivity contribution in [1.82, 2.24) is 5.32 Å². The van der Waals surface area contributed by atoms with Crippen LogP contribution in [0.2, 0.25) is 0 Å². The Bertz CT molecular complexity index is 557. The van der Waals surface area contributed by atoms with Crippen molar-refractivity contribution in [2.75, 3.05) is 30.0 Å². The Morgan fingerprint density at radius 1 is 1.35 bits per heavy atom. The lowest BCUT2D eigenvalue weighted by atomic mass is 10.2. The number of anilines is 1. The van der Waals surface area contributed by atoms with Gasteiger partial charge in [-0.05, 0) is 18.6 Å². The summed E-state index contributed by atoms with van der Waals surface area (Å²) in [5, 5.41) is 2.80. The highest BCUT2D eigenvalue weighted by molar-refractivity contribution is 7.91. The van der Waals surface area contributed by atoms with E-state index in [-0.39, 0.29) is 23.5 Å². The van der Waals surface area contributed by atoms with Gasteiger partial charge >= 0.3 is 0 Å². The third kappa shape index (κ3) is 4.23. The number of amides is 1. The van der Waals surface area contributed by atoms with Gasteiger partial charge in [0.15, 0.2) is 9.84 Å². The molecule has 0 saturated carbocycles. The van der Waals surface area contributed by atoms with Crippen molar-refractivity contribution in [3.63, 3.8) is 0 Å². The third-order valence-electron chi connectivity index (χ3n) is 3.47. The summed E-state index contributed by atoms with van der Waals surface area (Å²) in [7, 11) is -1.01. The smallest absolute Gasteiger partial charge is 0.222 e. The molecule has 1 heterocycles.